The summed E-state index contributed by atoms with van der Waals surface area (Å²) in [6, 6.07) is -0.493. The molecule has 0 aliphatic rings. The van der Waals surface area contributed by atoms with Crippen LogP contribution in [0, 0.1) is 0 Å². The Labute approximate surface area is 123 Å². The van der Waals surface area contributed by atoms with Crippen LogP contribution in [0.5, 0.6) is 0 Å². The van der Waals surface area contributed by atoms with Gasteiger partial charge >= 0.3 is 5.97 Å². The predicted octanol–water partition coefficient (Wildman–Crippen LogP) is 1.43. The minimum Gasteiger partial charge on any atom is -0.464 e. The molecule has 0 aromatic carbocycles. The molecule has 7 nitrogen and oxygen atoms in total. The SMILES string of the molecule is COC(=O)c1ncsc1S(=O)(=O)NC(C)c1nccs1. The van der Waals surface area contributed by atoms with E-state index >= 15 is 0 Å². The molecular weight excluding hydrogens is 322 g/mol. The Hall–Kier alpha value is -1.36. The molecule has 10 heteroatoms. The summed E-state index contributed by atoms with van der Waals surface area (Å²) in [4.78, 5) is 19.3. The van der Waals surface area contributed by atoms with Crippen molar-refractivity contribution in [3.05, 3.63) is 27.8 Å². The second kappa shape index (κ2) is 5.95. The smallest absolute Gasteiger partial charge is 0.358 e. The maximum Gasteiger partial charge on any atom is 0.358 e. The number of methoxy groups -OCH3 is 1. The second-order valence-electron chi connectivity index (χ2n) is 3.69. The van der Waals surface area contributed by atoms with Gasteiger partial charge in [-0.1, -0.05) is 0 Å². The number of hydrogen-bond acceptors (Lipinski definition) is 8. The van der Waals surface area contributed by atoms with Crippen LogP contribution in [0.4, 0.5) is 0 Å². The first-order valence-corrected chi connectivity index (χ1v) is 8.63. The van der Waals surface area contributed by atoms with Gasteiger partial charge in [0, 0.05) is 11.6 Å². The van der Waals surface area contributed by atoms with Gasteiger partial charge in [0.2, 0.25) is 0 Å². The Morgan fingerprint density at radius 1 is 1.40 bits per heavy atom. The van der Waals surface area contributed by atoms with Gasteiger partial charge in [0.05, 0.1) is 18.7 Å². The standard InChI is InChI=1S/C10H11N3O4S3/c1-6(8-11-3-4-18-8)13-20(15,16)10-7(9(14)17-2)12-5-19-10/h3-6,13H,1-2H3. The van der Waals surface area contributed by atoms with Crippen LogP contribution in [-0.4, -0.2) is 31.5 Å². The molecule has 1 unspecified atom stereocenters. The zero-order valence-corrected chi connectivity index (χ0v) is 13.0. The lowest BCUT2D eigenvalue weighted by Crippen LogP contribution is -2.27. The highest BCUT2D eigenvalue weighted by Gasteiger charge is 2.28. The van der Waals surface area contributed by atoms with E-state index in [-0.39, 0.29) is 9.90 Å². The molecule has 0 fully saturated rings. The van der Waals surface area contributed by atoms with Crippen LogP contribution in [0.2, 0.25) is 0 Å². The number of rotatable bonds is 5. The lowest BCUT2D eigenvalue weighted by Gasteiger charge is -2.11. The fraction of sp³-hybridized carbons (Fsp3) is 0.300. The average Bonchev–Trinajstić information content (AvgIpc) is 3.08. The monoisotopic (exact) mass is 333 g/mol. The molecule has 1 N–H and O–H groups in total. The normalized spacial score (nSPS) is 13.1. The van der Waals surface area contributed by atoms with Gasteiger partial charge in [0.1, 0.15) is 5.01 Å². The van der Waals surface area contributed by atoms with Crippen LogP contribution in [0.15, 0.2) is 21.3 Å². The zero-order valence-electron chi connectivity index (χ0n) is 10.6. The van der Waals surface area contributed by atoms with Gasteiger partial charge in [-0.2, -0.15) is 0 Å². The predicted molar refractivity (Wildman–Crippen MR) is 74.3 cm³/mol. The van der Waals surface area contributed by atoms with E-state index in [1.807, 2.05) is 0 Å². The summed E-state index contributed by atoms with van der Waals surface area (Å²) in [5, 5.41) is 2.39. The zero-order chi connectivity index (χ0) is 14.8. The Morgan fingerprint density at radius 3 is 2.75 bits per heavy atom. The van der Waals surface area contributed by atoms with Gasteiger partial charge in [0.15, 0.2) is 9.90 Å². The number of ether oxygens (including phenoxy) is 1. The molecule has 0 aliphatic heterocycles. The molecule has 0 amide bonds. The minimum atomic E-state index is -3.86. The van der Waals surface area contributed by atoms with Crippen LogP contribution in [-0.2, 0) is 14.8 Å². The second-order valence-corrected chi connectivity index (χ2v) is 7.38. The number of hydrogen-bond donors (Lipinski definition) is 1. The molecule has 0 saturated carbocycles. The summed E-state index contributed by atoms with van der Waals surface area (Å²) < 4.78 is 31.4. The molecule has 0 bridgehead atoms. The summed E-state index contributed by atoms with van der Waals surface area (Å²) in [6.07, 6.45) is 1.59. The van der Waals surface area contributed by atoms with E-state index < -0.39 is 22.0 Å². The first-order chi connectivity index (χ1) is 9.45. The Morgan fingerprint density at radius 2 is 2.15 bits per heavy atom. The number of thiazole rings is 2. The maximum absolute atomic E-state index is 12.3. The van der Waals surface area contributed by atoms with Crippen LogP contribution in [0.1, 0.15) is 28.5 Å². The molecule has 2 heterocycles. The number of nitrogens with one attached hydrogen (secondary N) is 1. The summed E-state index contributed by atoms with van der Waals surface area (Å²) in [7, 11) is -2.69. The van der Waals surface area contributed by atoms with Gasteiger partial charge in [-0.15, -0.1) is 22.7 Å². The van der Waals surface area contributed by atoms with Crippen LogP contribution in [0.3, 0.4) is 0 Å². The third-order valence-corrected chi connectivity index (χ3v) is 6.18. The van der Waals surface area contributed by atoms with Gasteiger partial charge in [-0.25, -0.2) is 27.9 Å². The topological polar surface area (TPSA) is 98.2 Å². The van der Waals surface area contributed by atoms with Gasteiger partial charge in [0.25, 0.3) is 10.0 Å². The van der Waals surface area contributed by atoms with Crippen LogP contribution >= 0.6 is 22.7 Å². The van der Waals surface area contributed by atoms with E-state index in [1.54, 1.807) is 18.5 Å². The van der Waals surface area contributed by atoms with E-state index in [4.69, 9.17) is 0 Å². The highest BCUT2D eigenvalue weighted by molar-refractivity contribution is 7.91. The number of aromatic nitrogens is 2. The highest BCUT2D eigenvalue weighted by atomic mass is 32.2. The van der Waals surface area contributed by atoms with E-state index in [0.29, 0.717) is 5.01 Å². The first kappa shape index (κ1) is 15.0. The molecule has 0 saturated heterocycles. The molecular formula is C10H11N3O4S3. The van der Waals surface area contributed by atoms with E-state index in [1.165, 1.54) is 24.0 Å². The summed E-state index contributed by atoms with van der Waals surface area (Å²) in [5.41, 5.74) is 1.07. The van der Waals surface area contributed by atoms with Crippen molar-refractivity contribution in [3.8, 4) is 0 Å². The molecule has 0 radical (unpaired) electrons. The van der Waals surface area contributed by atoms with Crippen molar-refractivity contribution in [1.82, 2.24) is 14.7 Å². The minimum absolute atomic E-state index is 0.159. The number of carbonyl (C=O) groups excluding carboxylic acids is 1. The van der Waals surface area contributed by atoms with Gasteiger partial charge < -0.3 is 4.74 Å². The van der Waals surface area contributed by atoms with Crippen molar-refractivity contribution in [2.45, 2.75) is 17.2 Å². The van der Waals surface area contributed by atoms with Crippen LogP contribution in [0.25, 0.3) is 0 Å². The molecule has 2 aromatic rings. The molecule has 2 rings (SSSR count). The molecule has 20 heavy (non-hydrogen) atoms. The Balaban J connectivity index is 2.27. The summed E-state index contributed by atoms with van der Waals surface area (Å²) in [5.74, 6) is -0.784. The molecule has 108 valence electrons. The van der Waals surface area contributed by atoms with Crippen molar-refractivity contribution >= 4 is 38.7 Å². The average molecular weight is 333 g/mol. The number of sulfonamides is 1. The largest absolute Gasteiger partial charge is 0.464 e. The Kier molecular flexibility index (Phi) is 4.48. The van der Waals surface area contributed by atoms with Crippen molar-refractivity contribution in [2.75, 3.05) is 7.11 Å². The molecule has 0 aliphatic carbocycles. The highest BCUT2D eigenvalue weighted by Crippen LogP contribution is 2.24. The number of carbonyl (C=O) groups is 1. The van der Waals surface area contributed by atoms with Gasteiger partial charge in [-0.05, 0) is 6.92 Å². The molecule has 1 atom stereocenters. The number of nitrogens with zero attached hydrogens (tertiary/aromatic N) is 2. The fourth-order valence-corrected chi connectivity index (χ4v) is 4.52. The van der Waals surface area contributed by atoms with E-state index in [0.717, 1.165) is 11.3 Å². The van der Waals surface area contributed by atoms with Crippen molar-refractivity contribution in [3.63, 3.8) is 0 Å². The summed E-state index contributed by atoms with van der Waals surface area (Å²) in [6.45, 7) is 1.68. The van der Waals surface area contributed by atoms with Crippen molar-refractivity contribution in [1.29, 1.82) is 0 Å². The van der Waals surface area contributed by atoms with Crippen molar-refractivity contribution < 1.29 is 17.9 Å². The summed E-state index contributed by atoms with van der Waals surface area (Å²) >= 11 is 2.20. The number of esters is 1. The Bertz CT molecular complexity index is 693. The fourth-order valence-electron chi connectivity index (χ4n) is 1.44. The molecule has 0 spiro atoms. The first-order valence-electron chi connectivity index (χ1n) is 5.39. The van der Waals surface area contributed by atoms with Crippen LogP contribution < -0.4 is 4.72 Å². The van der Waals surface area contributed by atoms with Gasteiger partial charge in [-0.3, -0.25) is 0 Å². The lowest BCUT2D eigenvalue weighted by atomic mass is 10.4. The van der Waals surface area contributed by atoms with E-state index in [2.05, 4.69) is 19.4 Å². The molecule has 2 aromatic heterocycles. The van der Waals surface area contributed by atoms with E-state index in [9.17, 15) is 13.2 Å². The third-order valence-electron chi connectivity index (χ3n) is 2.31. The van der Waals surface area contributed by atoms with Crippen molar-refractivity contribution in [2.24, 2.45) is 0 Å². The lowest BCUT2D eigenvalue weighted by molar-refractivity contribution is 0.0590. The quantitative estimate of drug-likeness (QED) is 0.831. The third kappa shape index (κ3) is 3.03. The maximum atomic E-state index is 12.3.